The first-order valence-electron chi connectivity index (χ1n) is 8.73. The molecule has 0 saturated heterocycles. The van der Waals surface area contributed by atoms with E-state index in [1.165, 1.54) is 5.56 Å². The van der Waals surface area contributed by atoms with E-state index < -0.39 is 0 Å². The summed E-state index contributed by atoms with van der Waals surface area (Å²) < 4.78 is 10.6. The van der Waals surface area contributed by atoms with E-state index >= 15 is 0 Å². The van der Waals surface area contributed by atoms with E-state index in [4.69, 9.17) is 9.47 Å². The van der Waals surface area contributed by atoms with Gasteiger partial charge >= 0.3 is 0 Å². The average Bonchev–Trinajstić information content (AvgIpc) is 3.36. The summed E-state index contributed by atoms with van der Waals surface area (Å²) in [5.41, 5.74) is 2.95. The minimum atomic E-state index is -0.0763. The van der Waals surface area contributed by atoms with Crippen LogP contribution in [0.4, 0.5) is 0 Å². The molecule has 4 rings (SSSR count). The SMILES string of the molecule is COc1cccc(C(=O)NCC2(c3c[nH]c4ccc(OC)cc34)CC2)c1. The molecule has 5 heteroatoms. The number of amides is 1. The molecule has 3 aromatic rings. The molecule has 1 heterocycles. The molecule has 5 nitrogen and oxygen atoms in total. The van der Waals surface area contributed by atoms with Crippen molar-refractivity contribution < 1.29 is 14.3 Å². The molecule has 0 spiro atoms. The van der Waals surface area contributed by atoms with Crippen LogP contribution in [0.25, 0.3) is 10.9 Å². The van der Waals surface area contributed by atoms with Crippen LogP contribution in [0.3, 0.4) is 0 Å². The number of ether oxygens (including phenoxy) is 2. The zero-order chi connectivity index (χ0) is 18.1. The number of fused-ring (bicyclic) bond motifs is 1. The molecule has 2 N–H and O–H groups in total. The average molecular weight is 350 g/mol. The van der Waals surface area contributed by atoms with E-state index in [1.54, 1.807) is 26.4 Å². The van der Waals surface area contributed by atoms with Gasteiger partial charge < -0.3 is 19.8 Å². The van der Waals surface area contributed by atoms with Crippen LogP contribution in [0.1, 0.15) is 28.8 Å². The highest BCUT2D eigenvalue weighted by Gasteiger charge is 2.46. The Morgan fingerprint density at radius 2 is 1.88 bits per heavy atom. The van der Waals surface area contributed by atoms with Crippen molar-refractivity contribution >= 4 is 16.8 Å². The highest BCUT2D eigenvalue weighted by molar-refractivity contribution is 5.95. The summed E-state index contributed by atoms with van der Waals surface area (Å²) >= 11 is 0. The van der Waals surface area contributed by atoms with Crippen LogP contribution in [0, 0.1) is 0 Å². The van der Waals surface area contributed by atoms with Crippen LogP contribution in [0.15, 0.2) is 48.7 Å². The quantitative estimate of drug-likeness (QED) is 0.713. The largest absolute Gasteiger partial charge is 0.497 e. The highest BCUT2D eigenvalue weighted by Crippen LogP contribution is 2.50. The van der Waals surface area contributed by atoms with Crippen molar-refractivity contribution in [3.8, 4) is 11.5 Å². The van der Waals surface area contributed by atoms with Crippen LogP contribution >= 0.6 is 0 Å². The van der Waals surface area contributed by atoms with E-state index in [0.717, 1.165) is 29.5 Å². The molecule has 1 aliphatic rings. The van der Waals surface area contributed by atoms with Gasteiger partial charge in [0.1, 0.15) is 11.5 Å². The fraction of sp³-hybridized carbons (Fsp3) is 0.286. The lowest BCUT2D eigenvalue weighted by atomic mass is 9.95. The molecule has 1 saturated carbocycles. The molecule has 0 atom stereocenters. The summed E-state index contributed by atoms with van der Waals surface area (Å²) in [6, 6.07) is 13.3. The third-order valence-corrected chi connectivity index (χ3v) is 5.23. The summed E-state index contributed by atoms with van der Waals surface area (Å²) in [6.07, 6.45) is 4.19. The third-order valence-electron chi connectivity index (χ3n) is 5.23. The van der Waals surface area contributed by atoms with Crippen molar-refractivity contribution in [3.63, 3.8) is 0 Å². The first kappa shape index (κ1) is 16.5. The molecule has 26 heavy (non-hydrogen) atoms. The van der Waals surface area contributed by atoms with Gasteiger partial charge in [-0.2, -0.15) is 0 Å². The number of methoxy groups -OCH3 is 2. The summed E-state index contributed by atoms with van der Waals surface area (Å²) in [6.45, 7) is 0.618. The Kier molecular flexibility index (Phi) is 4.07. The van der Waals surface area contributed by atoms with Gasteiger partial charge in [-0.05, 0) is 54.8 Å². The molecule has 0 radical (unpaired) electrons. The molecular formula is C21H22N2O3. The van der Waals surface area contributed by atoms with E-state index in [2.05, 4.69) is 22.6 Å². The predicted molar refractivity (Wildman–Crippen MR) is 101 cm³/mol. The van der Waals surface area contributed by atoms with E-state index in [1.807, 2.05) is 24.3 Å². The van der Waals surface area contributed by atoms with Crippen molar-refractivity contribution in [1.82, 2.24) is 10.3 Å². The van der Waals surface area contributed by atoms with Gasteiger partial charge in [0.05, 0.1) is 14.2 Å². The van der Waals surface area contributed by atoms with Crippen LogP contribution in [0.5, 0.6) is 11.5 Å². The van der Waals surface area contributed by atoms with Gasteiger partial charge in [-0.25, -0.2) is 0 Å². The molecule has 1 aromatic heterocycles. The first-order chi connectivity index (χ1) is 12.6. The Morgan fingerprint density at radius 1 is 1.12 bits per heavy atom. The molecule has 1 fully saturated rings. The van der Waals surface area contributed by atoms with Crippen molar-refractivity contribution in [3.05, 3.63) is 59.8 Å². The van der Waals surface area contributed by atoms with Crippen molar-refractivity contribution in [2.75, 3.05) is 20.8 Å². The third kappa shape index (κ3) is 2.90. The molecular weight excluding hydrogens is 328 g/mol. The Balaban J connectivity index is 1.54. The smallest absolute Gasteiger partial charge is 0.251 e. The predicted octanol–water partition coefficient (Wildman–Crippen LogP) is 3.65. The molecule has 0 bridgehead atoms. The Morgan fingerprint density at radius 3 is 2.62 bits per heavy atom. The summed E-state index contributed by atoms with van der Waals surface area (Å²) in [4.78, 5) is 15.9. The van der Waals surface area contributed by atoms with Gasteiger partial charge in [-0.3, -0.25) is 4.79 Å². The summed E-state index contributed by atoms with van der Waals surface area (Å²) in [5, 5.41) is 4.26. The number of aromatic amines is 1. The number of rotatable bonds is 6. The second-order valence-corrected chi connectivity index (χ2v) is 6.81. The number of hydrogen-bond donors (Lipinski definition) is 2. The van der Waals surface area contributed by atoms with E-state index in [9.17, 15) is 4.79 Å². The number of carbonyl (C=O) groups excluding carboxylic acids is 1. The minimum Gasteiger partial charge on any atom is -0.497 e. The van der Waals surface area contributed by atoms with Crippen LogP contribution in [-0.2, 0) is 5.41 Å². The Hall–Kier alpha value is -2.95. The maximum Gasteiger partial charge on any atom is 0.251 e. The first-order valence-corrected chi connectivity index (χ1v) is 8.73. The van der Waals surface area contributed by atoms with Crippen molar-refractivity contribution in [2.24, 2.45) is 0 Å². The maximum atomic E-state index is 12.5. The zero-order valence-corrected chi connectivity index (χ0v) is 15.0. The van der Waals surface area contributed by atoms with Gasteiger partial charge in [0.2, 0.25) is 0 Å². The molecule has 0 aliphatic heterocycles. The van der Waals surface area contributed by atoms with Gasteiger partial charge in [0.25, 0.3) is 5.91 Å². The molecule has 134 valence electrons. The fourth-order valence-corrected chi connectivity index (χ4v) is 3.47. The van der Waals surface area contributed by atoms with Crippen LogP contribution in [0.2, 0.25) is 0 Å². The fourth-order valence-electron chi connectivity index (χ4n) is 3.47. The number of nitrogens with one attached hydrogen (secondary N) is 2. The standard InChI is InChI=1S/C21H22N2O3/c1-25-15-5-3-4-14(10-15)20(24)23-13-21(8-9-21)18-12-22-19-7-6-16(26-2)11-17(18)19/h3-7,10-12,22H,8-9,13H2,1-2H3,(H,23,24). The van der Waals surface area contributed by atoms with Gasteiger partial charge in [-0.1, -0.05) is 6.07 Å². The molecule has 2 aromatic carbocycles. The second kappa shape index (κ2) is 6.41. The van der Waals surface area contributed by atoms with Gasteiger partial charge in [-0.15, -0.1) is 0 Å². The van der Waals surface area contributed by atoms with Crippen molar-refractivity contribution in [2.45, 2.75) is 18.3 Å². The zero-order valence-electron chi connectivity index (χ0n) is 15.0. The lowest BCUT2D eigenvalue weighted by Gasteiger charge is -2.16. The Labute approximate surface area is 152 Å². The summed E-state index contributed by atoms with van der Waals surface area (Å²) in [7, 11) is 3.27. The van der Waals surface area contributed by atoms with Crippen molar-refractivity contribution in [1.29, 1.82) is 0 Å². The number of benzene rings is 2. The number of carbonyl (C=O) groups is 1. The second-order valence-electron chi connectivity index (χ2n) is 6.81. The molecule has 0 unspecified atom stereocenters. The molecule has 1 aliphatic carbocycles. The van der Waals surface area contributed by atoms with E-state index in [0.29, 0.717) is 17.9 Å². The van der Waals surface area contributed by atoms with Crippen LogP contribution in [-0.4, -0.2) is 31.7 Å². The topological polar surface area (TPSA) is 63.3 Å². The lowest BCUT2D eigenvalue weighted by Crippen LogP contribution is -2.32. The minimum absolute atomic E-state index is 0.000852. The van der Waals surface area contributed by atoms with E-state index in [-0.39, 0.29) is 11.3 Å². The number of aromatic nitrogens is 1. The maximum absolute atomic E-state index is 12.5. The normalized spacial score (nSPS) is 14.8. The van der Waals surface area contributed by atoms with Gasteiger partial charge in [0.15, 0.2) is 0 Å². The monoisotopic (exact) mass is 350 g/mol. The molecule has 1 amide bonds. The van der Waals surface area contributed by atoms with Crippen LogP contribution < -0.4 is 14.8 Å². The Bertz CT molecular complexity index is 957. The summed E-state index contributed by atoms with van der Waals surface area (Å²) in [5.74, 6) is 1.45. The number of hydrogen-bond acceptors (Lipinski definition) is 3. The number of H-pyrrole nitrogens is 1. The van der Waals surface area contributed by atoms with Gasteiger partial charge in [0, 0.05) is 34.6 Å². The highest BCUT2D eigenvalue weighted by atomic mass is 16.5. The lowest BCUT2D eigenvalue weighted by molar-refractivity contribution is 0.0949.